The molecule has 2 heterocycles. The largest absolute Gasteiger partial charge is 0.350 e. The average molecular weight is 400 g/mol. The molecule has 1 aliphatic heterocycles. The molecular formula is C18H24Cl2N3OP. The maximum atomic E-state index is 12.7. The Labute approximate surface area is 158 Å². The SMILES string of the molecule is C=P(C)(C)C(Cl)Cc1cc(-n2nc3n(c2=O)CCCC3)c(C)cc1Cl. The van der Waals surface area contributed by atoms with E-state index in [1.165, 1.54) is 4.68 Å². The van der Waals surface area contributed by atoms with Crippen molar-refractivity contribution in [3.63, 3.8) is 0 Å². The van der Waals surface area contributed by atoms with Gasteiger partial charge in [0.15, 0.2) is 0 Å². The molecule has 0 spiro atoms. The van der Waals surface area contributed by atoms with Gasteiger partial charge in [0.2, 0.25) is 0 Å². The molecule has 3 rings (SSSR count). The maximum absolute atomic E-state index is 12.7. The van der Waals surface area contributed by atoms with Crippen molar-refractivity contribution in [2.45, 2.75) is 44.3 Å². The molecule has 1 aromatic carbocycles. The maximum Gasteiger partial charge on any atom is 0.350 e. The van der Waals surface area contributed by atoms with E-state index in [-0.39, 0.29) is 10.8 Å². The summed E-state index contributed by atoms with van der Waals surface area (Å²) in [5.74, 6) is 0.868. The highest BCUT2D eigenvalue weighted by Gasteiger charge is 2.21. The fourth-order valence-corrected chi connectivity index (χ4v) is 4.23. The van der Waals surface area contributed by atoms with Crippen LogP contribution in [0.25, 0.3) is 5.69 Å². The average Bonchev–Trinajstić information content (AvgIpc) is 2.86. The van der Waals surface area contributed by atoms with Gasteiger partial charge in [-0.05, 0) is 62.8 Å². The number of halogens is 2. The molecule has 7 heteroatoms. The highest BCUT2D eigenvalue weighted by atomic mass is 35.5. The third-order valence-electron chi connectivity index (χ3n) is 4.71. The molecule has 0 saturated heterocycles. The summed E-state index contributed by atoms with van der Waals surface area (Å²) in [5.41, 5.74) is 2.59. The zero-order valence-corrected chi connectivity index (χ0v) is 17.3. The molecule has 1 aromatic heterocycles. The predicted molar refractivity (Wildman–Crippen MR) is 110 cm³/mol. The Hall–Kier alpha value is -0.960. The van der Waals surface area contributed by atoms with Gasteiger partial charge in [0, 0.05) is 18.0 Å². The van der Waals surface area contributed by atoms with E-state index in [0.717, 1.165) is 48.4 Å². The first-order valence-corrected chi connectivity index (χ1v) is 12.2. The fraction of sp³-hybridized carbons (Fsp3) is 0.500. The number of benzene rings is 1. The van der Waals surface area contributed by atoms with E-state index in [2.05, 4.69) is 24.7 Å². The Balaban J connectivity index is 2.06. The van der Waals surface area contributed by atoms with E-state index in [9.17, 15) is 4.79 Å². The summed E-state index contributed by atoms with van der Waals surface area (Å²) in [6, 6.07) is 3.86. The smallest absolute Gasteiger partial charge is 0.279 e. The van der Waals surface area contributed by atoms with Crippen LogP contribution in [0.3, 0.4) is 0 Å². The second-order valence-corrected chi connectivity index (χ2v) is 12.8. The highest BCUT2D eigenvalue weighted by molar-refractivity contribution is 7.74. The molecule has 1 atom stereocenters. The van der Waals surface area contributed by atoms with Gasteiger partial charge in [-0.2, -0.15) is 4.68 Å². The van der Waals surface area contributed by atoms with E-state index in [0.29, 0.717) is 11.4 Å². The van der Waals surface area contributed by atoms with Crippen LogP contribution in [0.5, 0.6) is 0 Å². The summed E-state index contributed by atoms with van der Waals surface area (Å²) in [4.78, 5) is 12.7. The van der Waals surface area contributed by atoms with E-state index in [4.69, 9.17) is 23.2 Å². The molecule has 25 heavy (non-hydrogen) atoms. The number of hydrogen-bond donors (Lipinski definition) is 0. The molecule has 1 unspecified atom stereocenters. The lowest BCUT2D eigenvalue weighted by Gasteiger charge is -2.21. The van der Waals surface area contributed by atoms with Crippen LogP contribution in [0.2, 0.25) is 5.02 Å². The van der Waals surface area contributed by atoms with Gasteiger partial charge in [0.05, 0.1) is 10.8 Å². The minimum Gasteiger partial charge on any atom is -0.279 e. The molecule has 0 saturated carbocycles. The number of rotatable bonds is 4. The number of nitrogens with zero attached hydrogens (tertiary/aromatic N) is 3. The zero-order valence-electron chi connectivity index (χ0n) is 14.9. The van der Waals surface area contributed by atoms with Crippen LogP contribution >= 0.6 is 30.1 Å². The Kier molecular flexibility index (Phi) is 5.26. The van der Waals surface area contributed by atoms with Gasteiger partial charge in [0.1, 0.15) is 5.82 Å². The molecule has 1 aliphatic rings. The molecule has 0 radical (unpaired) electrons. The summed E-state index contributed by atoms with van der Waals surface area (Å²) < 4.78 is 3.30. The minimum absolute atomic E-state index is 0.0486. The van der Waals surface area contributed by atoms with Crippen molar-refractivity contribution >= 4 is 36.4 Å². The lowest BCUT2D eigenvalue weighted by Crippen LogP contribution is -2.26. The Bertz CT molecular complexity index is 910. The third kappa shape index (κ3) is 3.77. The molecule has 0 bridgehead atoms. The Morgan fingerprint density at radius 3 is 2.72 bits per heavy atom. The molecule has 2 aromatic rings. The Morgan fingerprint density at radius 2 is 2.08 bits per heavy atom. The van der Waals surface area contributed by atoms with Crippen LogP contribution in [-0.4, -0.2) is 39.1 Å². The van der Waals surface area contributed by atoms with E-state index in [1.807, 2.05) is 19.1 Å². The van der Waals surface area contributed by atoms with Crippen LogP contribution in [0.1, 0.15) is 29.8 Å². The predicted octanol–water partition coefficient (Wildman–Crippen LogP) is 4.15. The highest BCUT2D eigenvalue weighted by Crippen LogP contribution is 2.46. The summed E-state index contributed by atoms with van der Waals surface area (Å²) in [6.07, 6.45) is 7.82. The van der Waals surface area contributed by atoms with Gasteiger partial charge < -0.3 is 0 Å². The van der Waals surface area contributed by atoms with Gasteiger partial charge in [-0.15, -0.1) is 16.7 Å². The summed E-state index contributed by atoms with van der Waals surface area (Å²) in [5, 5.41) is 5.20. The summed E-state index contributed by atoms with van der Waals surface area (Å²) in [7, 11) is 0. The standard InChI is InChI=1S/C18H24Cl2N3OP/c1-12-9-14(19)13(11-16(20)25(2,3)4)10-15(12)23-18(24)22-8-6-5-7-17(22)21-23/h9-10,16H,2,5-8,11H2,1,3-4H3. The van der Waals surface area contributed by atoms with Crippen LogP contribution in [0, 0.1) is 6.92 Å². The number of hydrogen-bond acceptors (Lipinski definition) is 2. The summed E-state index contributed by atoms with van der Waals surface area (Å²) >= 11 is 13.0. The third-order valence-corrected chi connectivity index (χ3v) is 8.50. The topological polar surface area (TPSA) is 39.8 Å². The molecule has 0 N–H and O–H groups in total. The molecule has 0 amide bonds. The van der Waals surface area contributed by atoms with E-state index < -0.39 is 6.89 Å². The first-order chi connectivity index (χ1) is 11.7. The van der Waals surface area contributed by atoms with Crippen molar-refractivity contribution < 1.29 is 0 Å². The number of fused-ring (bicyclic) bond motifs is 1. The van der Waals surface area contributed by atoms with Crippen LogP contribution in [-0.2, 0) is 19.4 Å². The van der Waals surface area contributed by atoms with Gasteiger partial charge in [-0.25, -0.2) is 4.79 Å². The van der Waals surface area contributed by atoms with Crippen molar-refractivity contribution in [2.75, 3.05) is 13.3 Å². The van der Waals surface area contributed by atoms with Crippen molar-refractivity contribution in [3.8, 4) is 5.69 Å². The van der Waals surface area contributed by atoms with Gasteiger partial charge in [-0.1, -0.05) is 24.8 Å². The summed E-state index contributed by atoms with van der Waals surface area (Å²) in [6.45, 7) is 5.49. The normalized spacial score (nSPS) is 15.9. The fourth-order valence-electron chi connectivity index (χ4n) is 3.07. The molecular weight excluding hydrogens is 376 g/mol. The Morgan fingerprint density at radius 1 is 1.36 bits per heavy atom. The first kappa shape index (κ1) is 18.8. The van der Waals surface area contributed by atoms with Gasteiger partial charge in [0.25, 0.3) is 0 Å². The molecule has 4 nitrogen and oxygen atoms in total. The lowest BCUT2D eigenvalue weighted by atomic mass is 10.1. The quantitative estimate of drug-likeness (QED) is 0.572. The van der Waals surface area contributed by atoms with Crippen molar-refractivity contribution in [1.82, 2.24) is 14.3 Å². The molecule has 136 valence electrons. The zero-order chi connectivity index (χ0) is 18.4. The first-order valence-electron chi connectivity index (χ1n) is 8.48. The minimum atomic E-state index is -1.44. The van der Waals surface area contributed by atoms with Crippen molar-refractivity contribution in [2.24, 2.45) is 0 Å². The van der Waals surface area contributed by atoms with E-state index in [1.54, 1.807) is 4.57 Å². The second-order valence-electron chi connectivity index (χ2n) is 7.37. The van der Waals surface area contributed by atoms with Gasteiger partial charge >= 0.3 is 5.69 Å². The number of alkyl halides is 1. The van der Waals surface area contributed by atoms with Crippen LogP contribution in [0.15, 0.2) is 16.9 Å². The van der Waals surface area contributed by atoms with E-state index >= 15 is 0 Å². The van der Waals surface area contributed by atoms with Crippen LogP contribution < -0.4 is 5.69 Å². The number of aryl methyl sites for hydroxylation is 2. The second kappa shape index (κ2) is 6.98. The van der Waals surface area contributed by atoms with Crippen molar-refractivity contribution in [1.29, 1.82) is 0 Å². The van der Waals surface area contributed by atoms with Gasteiger partial charge in [-0.3, -0.25) is 4.57 Å². The van der Waals surface area contributed by atoms with Crippen molar-refractivity contribution in [3.05, 3.63) is 44.6 Å². The molecule has 0 aliphatic carbocycles. The van der Waals surface area contributed by atoms with Crippen LogP contribution in [0.4, 0.5) is 0 Å². The lowest BCUT2D eigenvalue weighted by molar-refractivity contribution is 0.512. The molecule has 0 fully saturated rings. The monoisotopic (exact) mass is 399 g/mol. The number of aromatic nitrogens is 3.